The molecule has 0 radical (unpaired) electrons. The summed E-state index contributed by atoms with van der Waals surface area (Å²) in [6.07, 6.45) is 2.65. The fraction of sp³-hybridized carbons (Fsp3) is 0.409. The second-order valence-corrected chi connectivity index (χ2v) is 6.99. The van der Waals surface area contributed by atoms with Gasteiger partial charge in [-0.2, -0.15) is 0 Å². The monoisotopic (exact) mass is 411 g/mol. The Kier molecular flexibility index (Phi) is 7.62. The van der Waals surface area contributed by atoms with Crippen LogP contribution in [-0.2, 0) is 4.79 Å². The molecule has 0 atom stereocenters. The SMILES string of the molecule is C=CCNCC(=O)N1CCCN(c2ccc(-c3ccc(OC)c(OC)c3)nn2)CC1. The first kappa shape index (κ1) is 21.6. The first-order valence-corrected chi connectivity index (χ1v) is 10.1. The van der Waals surface area contributed by atoms with Crippen LogP contribution in [0.2, 0.25) is 0 Å². The van der Waals surface area contributed by atoms with Crippen LogP contribution in [0.5, 0.6) is 11.5 Å². The van der Waals surface area contributed by atoms with E-state index in [9.17, 15) is 4.79 Å². The number of aromatic nitrogens is 2. The normalized spacial score (nSPS) is 14.2. The van der Waals surface area contributed by atoms with Crippen LogP contribution in [-0.4, -0.2) is 74.5 Å². The molecule has 160 valence electrons. The lowest BCUT2D eigenvalue weighted by molar-refractivity contribution is -0.129. The predicted octanol–water partition coefficient (Wildman–Crippen LogP) is 1.98. The lowest BCUT2D eigenvalue weighted by Gasteiger charge is -2.22. The van der Waals surface area contributed by atoms with Crippen molar-refractivity contribution in [2.24, 2.45) is 0 Å². The molecule has 2 aromatic rings. The van der Waals surface area contributed by atoms with Gasteiger partial charge in [0.1, 0.15) is 0 Å². The number of anilines is 1. The largest absolute Gasteiger partial charge is 0.493 e. The summed E-state index contributed by atoms with van der Waals surface area (Å²) in [6, 6.07) is 9.60. The molecule has 1 aliphatic heterocycles. The number of ether oxygens (including phenoxy) is 2. The Balaban J connectivity index is 1.64. The van der Waals surface area contributed by atoms with Crippen LogP contribution in [0, 0.1) is 0 Å². The topological polar surface area (TPSA) is 79.8 Å². The molecule has 1 N–H and O–H groups in total. The lowest BCUT2D eigenvalue weighted by atomic mass is 10.1. The van der Waals surface area contributed by atoms with Gasteiger partial charge in [0.15, 0.2) is 17.3 Å². The smallest absolute Gasteiger partial charge is 0.236 e. The Labute approximate surface area is 177 Å². The van der Waals surface area contributed by atoms with Gasteiger partial charge in [-0.25, -0.2) is 0 Å². The molecule has 30 heavy (non-hydrogen) atoms. The molecule has 0 spiro atoms. The summed E-state index contributed by atoms with van der Waals surface area (Å²) >= 11 is 0. The maximum atomic E-state index is 12.3. The minimum absolute atomic E-state index is 0.119. The summed E-state index contributed by atoms with van der Waals surface area (Å²) in [7, 11) is 3.22. The molecule has 1 aliphatic rings. The Morgan fingerprint density at radius 1 is 1.10 bits per heavy atom. The molecule has 0 bridgehead atoms. The first-order valence-electron chi connectivity index (χ1n) is 10.1. The van der Waals surface area contributed by atoms with Crippen molar-refractivity contribution in [2.75, 3.05) is 58.4 Å². The van der Waals surface area contributed by atoms with Crippen molar-refractivity contribution < 1.29 is 14.3 Å². The number of amides is 1. The molecule has 1 saturated heterocycles. The Bertz CT molecular complexity index is 856. The van der Waals surface area contributed by atoms with Crippen LogP contribution in [0.1, 0.15) is 6.42 Å². The summed E-state index contributed by atoms with van der Waals surface area (Å²) in [4.78, 5) is 16.4. The van der Waals surface area contributed by atoms with E-state index in [-0.39, 0.29) is 5.91 Å². The summed E-state index contributed by atoms with van der Waals surface area (Å²) in [5, 5.41) is 11.9. The van der Waals surface area contributed by atoms with Gasteiger partial charge in [-0.05, 0) is 36.8 Å². The van der Waals surface area contributed by atoms with Gasteiger partial charge in [-0.15, -0.1) is 16.8 Å². The molecule has 0 saturated carbocycles. The number of hydrogen-bond acceptors (Lipinski definition) is 7. The molecule has 3 rings (SSSR count). The van der Waals surface area contributed by atoms with E-state index in [1.54, 1.807) is 20.3 Å². The van der Waals surface area contributed by atoms with E-state index in [1.165, 1.54) is 0 Å². The summed E-state index contributed by atoms with van der Waals surface area (Å²) < 4.78 is 10.7. The second kappa shape index (κ2) is 10.6. The molecule has 1 fully saturated rings. The van der Waals surface area contributed by atoms with Crippen LogP contribution in [0.4, 0.5) is 5.82 Å². The third kappa shape index (κ3) is 5.27. The van der Waals surface area contributed by atoms with Crippen molar-refractivity contribution in [3.05, 3.63) is 43.0 Å². The molecule has 8 nitrogen and oxygen atoms in total. The van der Waals surface area contributed by atoms with Crippen LogP contribution in [0.3, 0.4) is 0 Å². The van der Waals surface area contributed by atoms with E-state index in [0.29, 0.717) is 31.1 Å². The summed E-state index contributed by atoms with van der Waals surface area (Å²) in [5.74, 6) is 2.27. The molecular weight excluding hydrogens is 382 g/mol. The Hall–Kier alpha value is -3.13. The average molecular weight is 412 g/mol. The zero-order valence-electron chi connectivity index (χ0n) is 17.6. The van der Waals surface area contributed by atoms with Gasteiger partial charge >= 0.3 is 0 Å². The van der Waals surface area contributed by atoms with Crippen LogP contribution in [0.15, 0.2) is 43.0 Å². The van der Waals surface area contributed by atoms with Crippen LogP contribution in [0.25, 0.3) is 11.3 Å². The van der Waals surface area contributed by atoms with E-state index < -0.39 is 0 Å². The number of methoxy groups -OCH3 is 2. The fourth-order valence-corrected chi connectivity index (χ4v) is 3.43. The number of carbonyl (C=O) groups is 1. The van der Waals surface area contributed by atoms with Crippen molar-refractivity contribution in [1.29, 1.82) is 0 Å². The van der Waals surface area contributed by atoms with Gasteiger partial charge in [-0.1, -0.05) is 6.08 Å². The van der Waals surface area contributed by atoms with E-state index in [0.717, 1.165) is 43.1 Å². The highest BCUT2D eigenvalue weighted by molar-refractivity contribution is 5.78. The maximum absolute atomic E-state index is 12.3. The standard InChI is InChI=1S/C22H29N5O3/c1-4-10-23-16-22(28)27-12-5-11-26(13-14-27)21-9-7-18(24-25-21)17-6-8-19(29-2)20(15-17)30-3/h4,6-9,15,23H,1,5,10-14,16H2,2-3H3. The third-order valence-electron chi connectivity index (χ3n) is 5.07. The predicted molar refractivity (Wildman–Crippen MR) is 117 cm³/mol. The summed E-state index contributed by atoms with van der Waals surface area (Å²) in [6.45, 7) is 7.63. The number of nitrogens with zero attached hydrogens (tertiary/aromatic N) is 4. The quantitative estimate of drug-likeness (QED) is 0.525. The van der Waals surface area contributed by atoms with Gasteiger partial charge in [0.05, 0.1) is 26.5 Å². The highest BCUT2D eigenvalue weighted by Gasteiger charge is 2.20. The molecule has 0 aliphatic carbocycles. The maximum Gasteiger partial charge on any atom is 0.236 e. The molecule has 1 amide bonds. The van der Waals surface area contributed by atoms with E-state index in [1.807, 2.05) is 35.2 Å². The highest BCUT2D eigenvalue weighted by atomic mass is 16.5. The van der Waals surface area contributed by atoms with Crippen molar-refractivity contribution in [2.45, 2.75) is 6.42 Å². The zero-order valence-corrected chi connectivity index (χ0v) is 17.6. The van der Waals surface area contributed by atoms with E-state index >= 15 is 0 Å². The number of hydrogen-bond donors (Lipinski definition) is 1. The summed E-state index contributed by atoms with van der Waals surface area (Å²) in [5.41, 5.74) is 1.67. The van der Waals surface area contributed by atoms with E-state index in [4.69, 9.17) is 9.47 Å². The van der Waals surface area contributed by atoms with Crippen molar-refractivity contribution in [1.82, 2.24) is 20.4 Å². The number of carbonyl (C=O) groups excluding carboxylic acids is 1. The van der Waals surface area contributed by atoms with Crippen molar-refractivity contribution in [3.8, 4) is 22.8 Å². The number of benzene rings is 1. The van der Waals surface area contributed by atoms with Crippen LogP contribution < -0.4 is 19.7 Å². The minimum Gasteiger partial charge on any atom is -0.493 e. The fourth-order valence-electron chi connectivity index (χ4n) is 3.43. The van der Waals surface area contributed by atoms with Crippen molar-refractivity contribution >= 4 is 11.7 Å². The molecule has 1 aromatic carbocycles. The molecular formula is C22H29N5O3. The Morgan fingerprint density at radius 2 is 1.93 bits per heavy atom. The second-order valence-electron chi connectivity index (χ2n) is 6.99. The first-order chi connectivity index (χ1) is 14.7. The van der Waals surface area contributed by atoms with Gasteiger partial charge < -0.3 is 24.6 Å². The number of nitrogens with one attached hydrogen (secondary N) is 1. The molecule has 1 aromatic heterocycles. The average Bonchev–Trinajstić information content (AvgIpc) is 3.05. The van der Waals surface area contributed by atoms with Gasteiger partial charge in [0, 0.05) is 38.3 Å². The minimum atomic E-state index is 0.119. The molecule has 0 unspecified atom stereocenters. The lowest BCUT2D eigenvalue weighted by Crippen LogP contribution is -2.40. The van der Waals surface area contributed by atoms with Crippen LogP contribution >= 0.6 is 0 Å². The van der Waals surface area contributed by atoms with Crippen molar-refractivity contribution in [3.63, 3.8) is 0 Å². The molecule has 2 heterocycles. The van der Waals surface area contributed by atoms with E-state index in [2.05, 4.69) is 27.0 Å². The Morgan fingerprint density at radius 3 is 2.63 bits per heavy atom. The molecule has 8 heteroatoms. The van der Waals surface area contributed by atoms with Gasteiger partial charge in [0.2, 0.25) is 5.91 Å². The van der Waals surface area contributed by atoms with Gasteiger partial charge in [0.25, 0.3) is 0 Å². The van der Waals surface area contributed by atoms with Gasteiger partial charge in [-0.3, -0.25) is 4.79 Å². The highest BCUT2D eigenvalue weighted by Crippen LogP contribution is 2.31. The zero-order chi connectivity index (χ0) is 21.3. The third-order valence-corrected chi connectivity index (χ3v) is 5.07. The number of rotatable bonds is 8.